The van der Waals surface area contributed by atoms with Crippen LogP contribution >= 0.6 is 11.8 Å². The molecule has 0 saturated heterocycles. The second kappa shape index (κ2) is 10.2. The summed E-state index contributed by atoms with van der Waals surface area (Å²) in [5.74, 6) is 0.472. The van der Waals surface area contributed by atoms with Gasteiger partial charge in [-0.3, -0.25) is 4.79 Å². The molecule has 0 fully saturated rings. The Morgan fingerprint density at radius 1 is 1.14 bits per heavy atom. The van der Waals surface area contributed by atoms with Crippen molar-refractivity contribution in [2.45, 2.75) is 57.3 Å². The van der Waals surface area contributed by atoms with Crippen LogP contribution in [0.3, 0.4) is 0 Å². The van der Waals surface area contributed by atoms with Crippen LogP contribution in [0.1, 0.15) is 34.6 Å². The minimum Gasteiger partial charge on any atom is -0.462 e. The molecule has 29 heavy (non-hydrogen) atoms. The highest BCUT2D eigenvalue weighted by Crippen LogP contribution is 2.26. The predicted molar refractivity (Wildman–Crippen MR) is 113 cm³/mol. The molecule has 0 atom stereocenters. The molecular formula is C19H28N4O4S2. The third-order valence-electron chi connectivity index (χ3n) is 4.18. The van der Waals surface area contributed by atoms with Crippen LogP contribution in [0, 0.1) is 0 Å². The SMILES string of the molecule is CCN(CC)S(=O)(=O)c1ccc(-c2nnc(SCC(=O)OC(C)C)n2CC)cc1. The first-order valence-electron chi connectivity index (χ1n) is 9.60. The first-order chi connectivity index (χ1) is 13.7. The van der Waals surface area contributed by atoms with Crippen molar-refractivity contribution in [3.63, 3.8) is 0 Å². The van der Waals surface area contributed by atoms with Gasteiger partial charge in [0.05, 0.1) is 16.8 Å². The van der Waals surface area contributed by atoms with E-state index in [1.54, 1.807) is 38.1 Å². The molecule has 0 bridgehead atoms. The number of nitrogens with zero attached hydrogens (tertiary/aromatic N) is 4. The number of rotatable bonds is 10. The van der Waals surface area contributed by atoms with Gasteiger partial charge in [-0.15, -0.1) is 10.2 Å². The third kappa shape index (κ3) is 5.58. The first-order valence-corrected chi connectivity index (χ1v) is 12.0. The molecule has 0 amide bonds. The Kier molecular flexibility index (Phi) is 8.23. The van der Waals surface area contributed by atoms with Crippen molar-refractivity contribution in [3.05, 3.63) is 24.3 Å². The summed E-state index contributed by atoms with van der Waals surface area (Å²) in [5.41, 5.74) is 0.759. The normalized spacial score (nSPS) is 12.0. The summed E-state index contributed by atoms with van der Waals surface area (Å²) in [4.78, 5) is 12.0. The van der Waals surface area contributed by atoms with Crippen LogP contribution in [0.15, 0.2) is 34.3 Å². The van der Waals surface area contributed by atoms with Crippen LogP contribution < -0.4 is 0 Å². The highest BCUT2D eigenvalue weighted by molar-refractivity contribution is 7.99. The second-order valence-electron chi connectivity index (χ2n) is 6.49. The van der Waals surface area contributed by atoms with Crippen LogP contribution in [0.2, 0.25) is 0 Å². The van der Waals surface area contributed by atoms with E-state index < -0.39 is 10.0 Å². The zero-order valence-electron chi connectivity index (χ0n) is 17.5. The Labute approximate surface area is 176 Å². The van der Waals surface area contributed by atoms with Crippen LogP contribution in [0.4, 0.5) is 0 Å². The summed E-state index contributed by atoms with van der Waals surface area (Å²) in [5, 5.41) is 9.03. The van der Waals surface area contributed by atoms with E-state index in [9.17, 15) is 13.2 Å². The fraction of sp³-hybridized carbons (Fsp3) is 0.526. The molecule has 160 valence electrons. The van der Waals surface area contributed by atoms with Gasteiger partial charge >= 0.3 is 5.97 Å². The molecule has 8 nitrogen and oxygen atoms in total. The van der Waals surface area contributed by atoms with Crippen LogP contribution in [-0.4, -0.2) is 58.4 Å². The summed E-state index contributed by atoms with van der Waals surface area (Å²) in [7, 11) is -3.50. The van der Waals surface area contributed by atoms with Gasteiger partial charge in [-0.25, -0.2) is 8.42 Å². The Balaban J connectivity index is 2.23. The molecule has 2 rings (SSSR count). The van der Waals surface area contributed by atoms with Gasteiger partial charge in [0.1, 0.15) is 0 Å². The molecular weight excluding hydrogens is 412 g/mol. The molecule has 0 N–H and O–H groups in total. The van der Waals surface area contributed by atoms with Crippen molar-refractivity contribution in [2.75, 3.05) is 18.8 Å². The predicted octanol–water partition coefficient (Wildman–Crippen LogP) is 3.04. The highest BCUT2D eigenvalue weighted by Gasteiger charge is 2.22. The van der Waals surface area contributed by atoms with Gasteiger partial charge < -0.3 is 9.30 Å². The number of carbonyl (C=O) groups is 1. The number of hydrogen-bond acceptors (Lipinski definition) is 7. The van der Waals surface area contributed by atoms with Crippen molar-refractivity contribution in [1.29, 1.82) is 0 Å². The largest absolute Gasteiger partial charge is 0.462 e. The van der Waals surface area contributed by atoms with E-state index in [0.29, 0.717) is 30.6 Å². The Morgan fingerprint density at radius 2 is 1.76 bits per heavy atom. The quantitative estimate of drug-likeness (QED) is 0.414. The lowest BCUT2D eigenvalue weighted by molar-refractivity contribution is -0.144. The molecule has 0 radical (unpaired) electrons. The summed E-state index contributed by atoms with van der Waals surface area (Å²) in [6.07, 6.45) is -0.158. The standard InChI is InChI=1S/C19H28N4O4S2/c1-6-22(7-2)29(25,26)16-11-9-15(10-12-16)18-20-21-19(23(18)8-3)28-13-17(24)27-14(4)5/h9-12,14H,6-8,13H2,1-5H3. The number of hydrogen-bond donors (Lipinski definition) is 0. The lowest BCUT2D eigenvalue weighted by atomic mass is 10.2. The van der Waals surface area contributed by atoms with E-state index in [-0.39, 0.29) is 22.7 Å². The Morgan fingerprint density at radius 3 is 2.28 bits per heavy atom. The minimum absolute atomic E-state index is 0.150. The zero-order chi connectivity index (χ0) is 21.6. The highest BCUT2D eigenvalue weighted by atomic mass is 32.2. The second-order valence-corrected chi connectivity index (χ2v) is 9.37. The maximum Gasteiger partial charge on any atom is 0.316 e. The summed E-state index contributed by atoms with van der Waals surface area (Å²) in [6.45, 7) is 10.7. The molecule has 1 aromatic heterocycles. The van der Waals surface area contributed by atoms with E-state index in [1.807, 2.05) is 25.3 Å². The monoisotopic (exact) mass is 440 g/mol. The van der Waals surface area contributed by atoms with E-state index in [2.05, 4.69) is 10.2 Å². The number of esters is 1. The van der Waals surface area contributed by atoms with Gasteiger partial charge in [0.2, 0.25) is 10.0 Å². The smallest absolute Gasteiger partial charge is 0.316 e. The fourth-order valence-electron chi connectivity index (χ4n) is 2.80. The average molecular weight is 441 g/mol. The zero-order valence-corrected chi connectivity index (χ0v) is 19.1. The van der Waals surface area contributed by atoms with Crippen molar-refractivity contribution < 1.29 is 17.9 Å². The van der Waals surface area contributed by atoms with Gasteiger partial charge in [0.25, 0.3) is 0 Å². The minimum atomic E-state index is -3.50. The van der Waals surface area contributed by atoms with Crippen LogP contribution in [-0.2, 0) is 26.1 Å². The molecule has 0 aliphatic carbocycles. The number of benzene rings is 1. The summed E-state index contributed by atoms with van der Waals surface area (Å²) in [6, 6.07) is 6.64. The van der Waals surface area contributed by atoms with Gasteiger partial charge in [-0.05, 0) is 45.0 Å². The van der Waals surface area contributed by atoms with Gasteiger partial charge in [0, 0.05) is 25.2 Å². The molecule has 1 heterocycles. The lowest BCUT2D eigenvalue weighted by Gasteiger charge is -2.18. The molecule has 0 aliphatic heterocycles. The van der Waals surface area contributed by atoms with Crippen LogP contribution in [0.25, 0.3) is 11.4 Å². The lowest BCUT2D eigenvalue weighted by Crippen LogP contribution is -2.30. The number of ether oxygens (including phenoxy) is 1. The summed E-state index contributed by atoms with van der Waals surface area (Å²) < 4.78 is 33.7. The van der Waals surface area contributed by atoms with E-state index in [4.69, 9.17) is 4.74 Å². The van der Waals surface area contributed by atoms with Crippen molar-refractivity contribution in [3.8, 4) is 11.4 Å². The van der Waals surface area contributed by atoms with E-state index in [1.165, 1.54) is 16.1 Å². The topological polar surface area (TPSA) is 94.4 Å². The fourth-order valence-corrected chi connectivity index (χ4v) is 5.05. The maximum absolute atomic E-state index is 12.6. The number of thioether (sulfide) groups is 1. The average Bonchev–Trinajstić information content (AvgIpc) is 3.09. The summed E-state index contributed by atoms with van der Waals surface area (Å²) >= 11 is 1.27. The van der Waals surface area contributed by atoms with E-state index in [0.717, 1.165) is 5.56 Å². The van der Waals surface area contributed by atoms with E-state index >= 15 is 0 Å². The Bertz CT molecular complexity index is 920. The van der Waals surface area contributed by atoms with Gasteiger partial charge in [-0.1, -0.05) is 25.6 Å². The Hall–Kier alpha value is -1.91. The number of carbonyl (C=O) groups excluding carboxylic acids is 1. The molecule has 1 aromatic carbocycles. The van der Waals surface area contributed by atoms with Crippen molar-refractivity contribution >= 4 is 27.8 Å². The molecule has 10 heteroatoms. The van der Waals surface area contributed by atoms with Crippen molar-refractivity contribution in [2.24, 2.45) is 0 Å². The third-order valence-corrected chi connectivity index (χ3v) is 7.18. The van der Waals surface area contributed by atoms with Gasteiger partial charge in [-0.2, -0.15) is 4.31 Å². The molecule has 0 saturated carbocycles. The molecule has 0 unspecified atom stereocenters. The molecule has 0 spiro atoms. The van der Waals surface area contributed by atoms with Crippen molar-refractivity contribution in [1.82, 2.24) is 19.1 Å². The van der Waals surface area contributed by atoms with Gasteiger partial charge in [0.15, 0.2) is 11.0 Å². The molecule has 0 aliphatic rings. The molecule has 2 aromatic rings. The first kappa shape index (κ1) is 23.4. The maximum atomic E-state index is 12.6. The number of aromatic nitrogens is 3. The van der Waals surface area contributed by atoms with Crippen LogP contribution in [0.5, 0.6) is 0 Å². The number of sulfonamides is 1.